The lowest BCUT2D eigenvalue weighted by atomic mass is 10.1. The highest BCUT2D eigenvalue weighted by Crippen LogP contribution is 2.22. The maximum atomic E-state index is 6.06. The number of aliphatic imine (C=N–C) groups is 1. The molecule has 0 spiro atoms. The first kappa shape index (κ1) is 23.0. The Labute approximate surface area is 175 Å². The van der Waals surface area contributed by atoms with Crippen molar-refractivity contribution in [2.24, 2.45) is 4.99 Å². The van der Waals surface area contributed by atoms with Gasteiger partial charge in [-0.2, -0.15) is 0 Å². The summed E-state index contributed by atoms with van der Waals surface area (Å²) in [4.78, 5) is 4.29. The number of benzene rings is 1. The maximum Gasteiger partial charge on any atom is 0.191 e. The highest BCUT2D eigenvalue weighted by Gasteiger charge is 2.17. The van der Waals surface area contributed by atoms with Crippen molar-refractivity contribution < 1.29 is 9.47 Å². The fourth-order valence-corrected chi connectivity index (χ4v) is 2.88. The van der Waals surface area contributed by atoms with Gasteiger partial charge in [0.25, 0.3) is 0 Å². The molecule has 0 aromatic heterocycles. The van der Waals surface area contributed by atoms with Crippen molar-refractivity contribution in [1.29, 1.82) is 0 Å². The van der Waals surface area contributed by atoms with E-state index < -0.39 is 0 Å². The molecule has 2 N–H and O–H groups in total. The van der Waals surface area contributed by atoms with Gasteiger partial charge in [-0.3, -0.25) is 4.99 Å². The molecule has 0 radical (unpaired) electrons. The zero-order chi connectivity index (χ0) is 17.9. The van der Waals surface area contributed by atoms with E-state index in [1.807, 2.05) is 0 Å². The van der Waals surface area contributed by atoms with Gasteiger partial charge in [0.15, 0.2) is 5.96 Å². The third-order valence-electron chi connectivity index (χ3n) is 4.41. The monoisotopic (exact) mass is 475 g/mol. The van der Waals surface area contributed by atoms with E-state index in [2.05, 4.69) is 47.7 Å². The molecular weight excluding hydrogens is 441 g/mol. The number of halogens is 1. The van der Waals surface area contributed by atoms with Crippen molar-refractivity contribution in [3.8, 4) is 5.75 Å². The van der Waals surface area contributed by atoms with Crippen LogP contribution in [0.15, 0.2) is 23.2 Å². The largest absolute Gasteiger partial charge is 0.491 e. The SMILES string of the molecule is CCCCCNC(=NC)NCc1ccc(C)cc1OCC1CCCO1.I. The fourth-order valence-electron chi connectivity index (χ4n) is 2.88. The number of nitrogens with one attached hydrogen (secondary N) is 2. The average Bonchev–Trinajstić information content (AvgIpc) is 3.14. The Morgan fingerprint density at radius 2 is 2.15 bits per heavy atom. The van der Waals surface area contributed by atoms with Crippen LogP contribution in [-0.2, 0) is 11.3 Å². The van der Waals surface area contributed by atoms with Crippen LogP contribution in [0.4, 0.5) is 0 Å². The third-order valence-corrected chi connectivity index (χ3v) is 4.41. The van der Waals surface area contributed by atoms with Crippen LogP contribution in [0.1, 0.15) is 50.2 Å². The van der Waals surface area contributed by atoms with E-state index >= 15 is 0 Å². The van der Waals surface area contributed by atoms with Gasteiger partial charge in [-0.1, -0.05) is 31.9 Å². The molecule has 5 nitrogen and oxygen atoms in total. The van der Waals surface area contributed by atoms with E-state index in [1.54, 1.807) is 7.05 Å². The lowest BCUT2D eigenvalue weighted by Crippen LogP contribution is -2.37. The van der Waals surface area contributed by atoms with Gasteiger partial charge in [-0.25, -0.2) is 0 Å². The predicted octanol–water partition coefficient (Wildman–Crippen LogP) is 4.03. The number of guanidine groups is 1. The Morgan fingerprint density at radius 3 is 2.85 bits per heavy atom. The Morgan fingerprint density at radius 1 is 1.31 bits per heavy atom. The molecule has 1 aromatic rings. The van der Waals surface area contributed by atoms with E-state index in [1.165, 1.54) is 18.4 Å². The van der Waals surface area contributed by atoms with Crippen molar-refractivity contribution in [2.75, 3.05) is 26.8 Å². The van der Waals surface area contributed by atoms with Gasteiger partial charge >= 0.3 is 0 Å². The summed E-state index contributed by atoms with van der Waals surface area (Å²) in [5, 5.41) is 6.74. The Bertz CT molecular complexity index is 546. The summed E-state index contributed by atoms with van der Waals surface area (Å²) in [5.41, 5.74) is 2.34. The molecule has 1 aliphatic heterocycles. The van der Waals surface area contributed by atoms with Crippen LogP contribution in [0.25, 0.3) is 0 Å². The second kappa shape index (κ2) is 13.2. The summed E-state index contributed by atoms with van der Waals surface area (Å²) in [7, 11) is 1.80. The number of unbranched alkanes of at least 4 members (excludes halogenated alkanes) is 2. The molecule has 0 bridgehead atoms. The second-order valence-electron chi connectivity index (χ2n) is 6.62. The Balaban J connectivity index is 0.00000338. The average molecular weight is 475 g/mol. The molecule has 1 heterocycles. The minimum atomic E-state index is 0. The third kappa shape index (κ3) is 8.12. The van der Waals surface area contributed by atoms with Crippen LogP contribution in [0, 0.1) is 6.92 Å². The van der Waals surface area contributed by atoms with Crippen molar-refractivity contribution in [3.63, 3.8) is 0 Å². The summed E-state index contributed by atoms with van der Waals surface area (Å²) >= 11 is 0. The maximum absolute atomic E-state index is 6.06. The van der Waals surface area contributed by atoms with Crippen molar-refractivity contribution >= 4 is 29.9 Å². The number of rotatable bonds is 9. The smallest absolute Gasteiger partial charge is 0.191 e. The first-order valence-corrected chi connectivity index (χ1v) is 9.51. The highest BCUT2D eigenvalue weighted by molar-refractivity contribution is 14.0. The van der Waals surface area contributed by atoms with Gasteiger partial charge < -0.3 is 20.1 Å². The molecule has 148 valence electrons. The van der Waals surface area contributed by atoms with Crippen LogP contribution in [0.5, 0.6) is 5.75 Å². The molecule has 1 saturated heterocycles. The summed E-state index contributed by atoms with van der Waals surface area (Å²) in [5.74, 6) is 1.77. The molecule has 26 heavy (non-hydrogen) atoms. The van der Waals surface area contributed by atoms with E-state index in [9.17, 15) is 0 Å². The van der Waals surface area contributed by atoms with Crippen molar-refractivity contribution in [3.05, 3.63) is 29.3 Å². The predicted molar refractivity (Wildman–Crippen MR) is 119 cm³/mol. The number of hydrogen-bond acceptors (Lipinski definition) is 3. The molecule has 1 aromatic carbocycles. The standard InChI is InChI=1S/C20H33N3O2.HI/c1-4-5-6-11-22-20(21-3)23-14-17-10-9-16(2)13-19(17)25-15-18-8-7-12-24-18;/h9-10,13,18H,4-8,11-12,14-15H2,1-3H3,(H2,21,22,23);1H. The summed E-state index contributed by atoms with van der Waals surface area (Å²) in [6.45, 7) is 7.42. The van der Waals surface area contributed by atoms with Crippen LogP contribution >= 0.6 is 24.0 Å². The van der Waals surface area contributed by atoms with Gasteiger partial charge in [0.05, 0.1) is 6.10 Å². The lowest BCUT2D eigenvalue weighted by Gasteiger charge is -2.17. The molecule has 1 aliphatic rings. The molecular formula is C20H34IN3O2. The molecule has 0 amide bonds. The van der Waals surface area contributed by atoms with Crippen LogP contribution in [0.3, 0.4) is 0 Å². The Kier molecular flexibility index (Phi) is 11.7. The van der Waals surface area contributed by atoms with E-state index in [4.69, 9.17) is 9.47 Å². The number of ether oxygens (including phenoxy) is 2. The molecule has 1 atom stereocenters. The van der Waals surface area contributed by atoms with E-state index in [0.29, 0.717) is 13.2 Å². The van der Waals surface area contributed by atoms with Crippen molar-refractivity contribution in [2.45, 2.75) is 58.6 Å². The number of nitrogens with zero attached hydrogens (tertiary/aromatic N) is 1. The summed E-state index contributed by atoms with van der Waals surface area (Å²) in [6.07, 6.45) is 6.09. The van der Waals surface area contributed by atoms with Gasteiger partial charge in [-0.05, 0) is 37.8 Å². The quantitative estimate of drug-likeness (QED) is 0.245. The molecule has 0 saturated carbocycles. The zero-order valence-corrected chi connectivity index (χ0v) is 18.7. The molecule has 2 rings (SSSR count). The molecule has 6 heteroatoms. The number of aryl methyl sites for hydroxylation is 1. The van der Waals surface area contributed by atoms with Gasteiger partial charge in [0.2, 0.25) is 0 Å². The first-order chi connectivity index (χ1) is 12.2. The minimum absolute atomic E-state index is 0. The minimum Gasteiger partial charge on any atom is -0.491 e. The second-order valence-corrected chi connectivity index (χ2v) is 6.62. The highest BCUT2D eigenvalue weighted by atomic mass is 127. The van der Waals surface area contributed by atoms with Crippen molar-refractivity contribution in [1.82, 2.24) is 10.6 Å². The van der Waals surface area contributed by atoms with Crippen LogP contribution in [-0.4, -0.2) is 38.9 Å². The van der Waals surface area contributed by atoms with Gasteiger partial charge in [-0.15, -0.1) is 24.0 Å². The molecule has 0 aliphatic carbocycles. The topological polar surface area (TPSA) is 54.9 Å². The normalized spacial score (nSPS) is 16.9. The Hall–Kier alpha value is -1.02. The van der Waals surface area contributed by atoms with E-state index in [-0.39, 0.29) is 30.1 Å². The zero-order valence-electron chi connectivity index (χ0n) is 16.3. The summed E-state index contributed by atoms with van der Waals surface area (Å²) < 4.78 is 11.7. The summed E-state index contributed by atoms with van der Waals surface area (Å²) in [6, 6.07) is 6.34. The molecule has 1 unspecified atom stereocenters. The number of hydrogen-bond donors (Lipinski definition) is 2. The first-order valence-electron chi connectivity index (χ1n) is 9.51. The molecule has 1 fully saturated rings. The van der Waals surface area contributed by atoms with E-state index in [0.717, 1.165) is 49.7 Å². The van der Waals surface area contributed by atoms with Gasteiger partial charge in [0.1, 0.15) is 12.4 Å². The van der Waals surface area contributed by atoms with Gasteiger partial charge in [0, 0.05) is 32.3 Å². The fraction of sp³-hybridized carbons (Fsp3) is 0.650. The van der Waals surface area contributed by atoms with Crippen LogP contribution in [0.2, 0.25) is 0 Å². The lowest BCUT2D eigenvalue weighted by molar-refractivity contribution is 0.0676. The van der Waals surface area contributed by atoms with Crippen LogP contribution < -0.4 is 15.4 Å².